The van der Waals surface area contributed by atoms with Gasteiger partial charge in [0.1, 0.15) is 10.8 Å². The average molecular weight is 215 g/mol. The van der Waals surface area contributed by atoms with E-state index < -0.39 is 0 Å². The smallest absolute Gasteiger partial charge is 0.171 e. The average Bonchev–Trinajstić information content (AvgIpc) is 2.47. The fourth-order valence-corrected chi connectivity index (χ4v) is 2.08. The van der Waals surface area contributed by atoms with E-state index in [4.69, 9.17) is 17.3 Å². The molecule has 0 bridgehead atoms. The number of hydrogen-bond acceptors (Lipinski definition) is 3. The molecule has 0 spiro atoms. The van der Waals surface area contributed by atoms with Crippen LogP contribution in [0.3, 0.4) is 0 Å². The third kappa shape index (κ3) is 1.54. The van der Waals surface area contributed by atoms with Crippen molar-refractivity contribution in [2.75, 3.05) is 23.7 Å². The third-order valence-corrected chi connectivity index (χ3v) is 3.03. The van der Waals surface area contributed by atoms with Crippen LogP contribution in [0.25, 0.3) is 0 Å². The largest absolute Gasteiger partial charge is 0.383 e. The number of anilines is 2. The molecule has 0 amide bonds. The standard InChI is InChI=1S/C9H15ClN4/c1-13-8(11)7(10)9(12-13)14-5-3-2-4-6-14/h2-6,11H2,1H3. The van der Waals surface area contributed by atoms with Gasteiger partial charge in [-0.05, 0) is 19.3 Å². The predicted octanol–water partition coefficient (Wildman–Crippen LogP) is 1.65. The summed E-state index contributed by atoms with van der Waals surface area (Å²) in [5.41, 5.74) is 5.75. The summed E-state index contributed by atoms with van der Waals surface area (Å²) in [6.45, 7) is 2.08. The maximum absolute atomic E-state index is 6.10. The van der Waals surface area contributed by atoms with Crippen molar-refractivity contribution < 1.29 is 0 Å². The molecule has 0 radical (unpaired) electrons. The molecule has 1 fully saturated rings. The Morgan fingerprint density at radius 3 is 2.43 bits per heavy atom. The number of rotatable bonds is 1. The van der Waals surface area contributed by atoms with Crippen molar-refractivity contribution in [3.05, 3.63) is 5.02 Å². The minimum absolute atomic E-state index is 0.548. The number of aromatic nitrogens is 2. The van der Waals surface area contributed by atoms with E-state index in [0.717, 1.165) is 18.9 Å². The Morgan fingerprint density at radius 2 is 1.93 bits per heavy atom. The summed E-state index contributed by atoms with van der Waals surface area (Å²) in [5, 5.41) is 4.91. The summed E-state index contributed by atoms with van der Waals surface area (Å²) in [7, 11) is 1.81. The second kappa shape index (κ2) is 3.69. The van der Waals surface area contributed by atoms with Gasteiger partial charge in [0.05, 0.1) is 0 Å². The molecule has 1 aliphatic heterocycles. The van der Waals surface area contributed by atoms with Gasteiger partial charge in [0, 0.05) is 20.1 Å². The highest BCUT2D eigenvalue weighted by Crippen LogP contribution is 2.31. The summed E-state index contributed by atoms with van der Waals surface area (Å²) in [6.07, 6.45) is 3.73. The topological polar surface area (TPSA) is 47.1 Å². The Morgan fingerprint density at radius 1 is 1.29 bits per heavy atom. The number of piperidine rings is 1. The van der Waals surface area contributed by atoms with E-state index in [9.17, 15) is 0 Å². The molecule has 2 rings (SSSR count). The monoisotopic (exact) mass is 214 g/mol. The maximum Gasteiger partial charge on any atom is 0.171 e. The van der Waals surface area contributed by atoms with Crippen LogP contribution in [0.4, 0.5) is 11.6 Å². The van der Waals surface area contributed by atoms with Crippen LogP contribution in [-0.4, -0.2) is 22.9 Å². The van der Waals surface area contributed by atoms with E-state index in [-0.39, 0.29) is 0 Å². The Kier molecular flexibility index (Phi) is 2.54. The molecule has 0 aliphatic carbocycles. The molecule has 14 heavy (non-hydrogen) atoms. The molecule has 0 aromatic carbocycles. The molecule has 1 saturated heterocycles. The molecule has 2 heterocycles. The maximum atomic E-state index is 6.10. The molecular formula is C9H15ClN4. The Bertz CT molecular complexity index is 328. The van der Waals surface area contributed by atoms with Gasteiger partial charge >= 0.3 is 0 Å². The minimum Gasteiger partial charge on any atom is -0.383 e. The summed E-state index contributed by atoms with van der Waals surface area (Å²) in [6, 6.07) is 0. The van der Waals surface area contributed by atoms with E-state index in [1.807, 2.05) is 7.05 Å². The van der Waals surface area contributed by atoms with Crippen LogP contribution in [-0.2, 0) is 7.05 Å². The fourth-order valence-electron chi connectivity index (χ4n) is 1.80. The van der Waals surface area contributed by atoms with Gasteiger partial charge < -0.3 is 10.6 Å². The first kappa shape index (κ1) is 9.65. The van der Waals surface area contributed by atoms with Gasteiger partial charge in [-0.3, -0.25) is 0 Å². The van der Waals surface area contributed by atoms with Crippen molar-refractivity contribution in [3.63, 3.8) is 0 Å². The van der Waals surface area contributed by atoms with Crippen molar-refractivity contribution in [3.8, 4) is 0 Å². The molecule has 0 atom stereocenters. The highest BCUT2D eigenvalue weighted by atomic mass is 35.5. The Labute approximate surface area is 88.6 Å². The quantitative estimate of drug-likeness (QED) is 0.773. The number of nitrogens with zero attached hydrogens (tertiary/aromatic N) is 3. The minimum atomic E-state index is 0.548. The van der Waals surface area contributed by atoms with Crippen LogP contribution in [0.5, 0.6) is 0 Å². The zero-order chi connectivity index (χ0) is 10.1. The van der Waals surface area contributed by atoms with Gasteiger partial charge in [0.2, 0.25) is 0 Å². The first-order valence-corrected chi connectivity index (χ1v) is 5.31. The van der Waals surface area contributed by atoms with Gasteiger partial charge in [-0.2, -0.15) is 5.10 Å². The highest BCUT2D eigenvalue weighted by molar-refractivity contribution is 6.35. The third-order valence-electron chi connectivity index (χ3n) is 2.67. The van der Waals surface area contributed by atoms with E-state index in [1.54, 1.807) is 4.68 Å². The van der Waals surface area contributed by atoms with E-state index in [0.29, 0.717) is 10.8 Å². The number of nitrogen functional groups attached to an aromatic ring is 1. The van der Waals surface area contributed by atoms with Crippen LogP contribution < -0.4 is 10.6 Å². The SMILES string of the molecule is Cn1nc(N2CCCCC2)c(Cl)c1N. The molecule has 1 aliphatic rings. The molecule has 1 aromatic rings. The lowest BCUT2D eigenvalue weighted by atomic mass is 10.1. The Balaban J connectivity index is 2.26. The summed E-state index contributed by atoms with van der Waals surface area (Å²) < 4.78 is 1.63. The fraction of sp³-hybridized carbons (Fsp3) is 0.667. The lowest BCUT2D eigenvalue weighted by molar-refractivity contribution is 0.570. The van der Waals surface area contributed by atoms with Crippen molar-refractivity contribution in [2.45, 2.75) is 19.3 Å². The molecule has 0 saturated carbocycles. The normalized spacial score (nSPS) is 17.4. The number of nitrogens with two attached hydrogens (primary N) is 1. The van der Waals surface area contributed by atoms with E-state index in [1.165, 1.54) is 19.3 Å². The lowest BCUT2D eigenvalue weighted by Gasteiger charge is -2.26. The van der Waals surface area contributed by atoms with Gasteiger partial charge in [0.15, 0.2) is 5.82 Å². The van der Waals surface area contributed by atoms with Crippen molar-refractivity contribution in [1.82, 2.24) is 9.78 Å². The molecule has 2 N–H and O–H groups in total. The van der Waals surface area contributed by atoms with Gasteiger partial charge in [-0.25, -0.2) is 4.68 Å². The number of aryl methyl sites for hydroxylation is 1. The molecular weight excluding hydrogens is 200 g/mol. The first-order valence-electron chi connectivity index (χ1n) is 4.93. The van der Waals surface area contributed by atoms with Crippen LogP contribution in [0.1, 0.15) is 19.3 Å². The van der Waals surface area contributed by atoms with Gasteiger partial charge in [-0.15, -0.1) is 0 Å². The zero-order valence-corrected chi connectivity index (χ0v) is 9.09. The molecule has 5 heteroatoms. The van der Waals surface area contributed by atoms with E-state index in [2.05, 4.69) is 10.00 Å². The van der Waals surface area contributed by atoms with Gasteiger partial charge in [-0.1, -0.05) is 11.6 Å². The summed E-state index contributed by atoms with van der Waals surface area (Å²) in [4.78, 5) is 2.21. The second-order valence-corrected chi connectivity index (χ2v) is 4.07. The molecule has 78 valence electrons. The van der Waals surface area contributed by atoms with Crippen LogP contribution in [0.15, 0.2) is 0 Å². The van der Waals surface area contributed by atoms with Crippen LogP contribution >= 0.6 is 11.6 Å². The van der Waals surface area contributed by atoms with Crippen LogP contribution in [0.2, 0.25) is 5.02 Å². The van der Waals surface area contributed by atoms with Crippen molar-refractivity contribution in [2.24, 2.45) is 7.05 Å². The molecule has 1 aromatic heterocycles. The highest BCUT2D eigenvalue weighted by Gasteiger charge is 2.19. The number of halogens is 1. The van der Waals surface area contributed by atoms with Crippen molar-refractivity contribution >= 4 is 23.2 Å². The second-order valence-electron chi connectivity index (χ2n) is 3.69. The molecule has 0 unspecified atom stereocenters. The van der Waals surface area contributed by atoms with Gasteiger partial charge in [0.25, 0.3) is 0 Å². The zero-order valence-electron chi connectivity index (χ0n) is 8.33. The lowest BCUT2D eigenvalue weighted by Crippen LogP contribution is -2.30. The first-order chi connectivity index (χ1) is 6.70. The predicted molar refractivity (Wildman–Crippen MR) is 58.7 cm³/mol. The Hall–Kier alpha value is -0.900. The summed E-state index contributed by atoms with van der Waals surface area (Å²) >= 11 is 6.10. The van der Waals surface area contributed by atoms with Crippen LogP contribution in [0, 0.1) is 0 Å². The summed E-state index contributed by atoms with van der Waals surface area (Å²) in [5.74, 6) is 1.39. The van der Waals surface area contributed by atoms with E-state index >= 15 is 0 Å². The number of hydrogen-bond donors (Lipinski definition) is 1. The molecule has 4 nitrogen and oxygen atoms in total. The van der Waals surface area contributed by atoms with Crippen molar-refractivity contribution in [1.29, 1.82) is 0 Å².